The molecule has 0 aliphatic heterocycles. The van der Waals surface area contributed by atoms with E-state index in [2.05, 4.69) is 21.2 Å². The summed E-state index contributed by atoms with van der Waals surface area (Å²) in [7, 11) is 0. The van der Waals surface area contributed by atoms with Crippen molar-refractivity contribution in [1.82, 2.24) is 0 Å². The Morgan fingerprint density at radius 3 is 2.44 bits per heavy atom. The molecule has 0 amide bonds. The van der Waals surface area contributed by atoms with E-state index in [1.165, 1.54) is 0 Å². The molecule has 0 radical (unpaired) electrons. The third-order valence-corrected chi connectivity index (χ3v) is 4.16. The third kappa shape index (κ3) is 3.55. The quantitative estimate of drug-likeness (QED) is 0.701. The van der Waals surface area contributed by atoms with Gasteiger partial charge in [-0.1, -0.05) is 50.7 Å². The first-order chi connectivity index (χ1) is 8.56. The Bertz CT molecular complexity index is 572. The Morgan fingerprint density at radius 2 is 1.72 bits per heavy atom. The maximum Gasteiger partial charge on any atom is 0.0612 e. The van der Waals surface area contributed by atoms with Crippen LogP contribution in [-0.4, -0.2) is 0 Å². The van der Waals surface area contributed by atoms with Crippen LogP contribution in [0, 0.1) is 0 Å². The van der Waals surface area contributed by atoms with Gasteiger partial charge in [-0.15, -0.1) is 0 Å². The maximum absolute atomic E-state index is 5.96. The molecule has 1 N–H and O–H groups in total. The summed E-state index contributed by atoms with van der Waals surface area (Å²) < 4.78 is 1.01. The molecule has 0 saturated carbocycles. The Balaban J connectivity index is 2.11. The molecular weight excluding hydrogens is 356 g/mol. The van der Waals surface area contributed by atoms with E-state index >= 15 is 0 Å². The molecule has 0 bridgehead atoms. The highest BCUT2D eigenvalue weighted by Crippen LogP contribution is 2.26. The van der Waals surface area contributed by atoms with Crippen LogP contribution in [0.1, 0.15) is 5.56 Å². The lowest BCUT2D eigenvalue weighted by Gasteiger charge is -2.09. The molecule has 0 unspecified atom stereocenters. The molecule has 0 fully saturated rings. The van der Waals surface area contributed by atoms with E-state index in [0.717, 1.165) is 15.7 Å². The van der Waals surface area contributed by atoms with E-state index in [1.807, 2.05) is 24.3 Å². The SMILES string of the molecule is Clc1ccc(Br)c(CNc2ccc(Cl)c(Cl)c2)c1. The average Bonchev–Trinajstić information content (AvgIpc) is 2.34. The summed E-state index contributed by atoms with van der Waals surface area (Å²) in [6, 6.07) is 11.1. The van der Waals surface area contributed by atoms with Gasteiger partial charge in [-0.2, -0.15) is 0 Å². The van der Waals surface area contributed by atoms with Crippen molar-refractivity contribution in [3.63, 3.8) is 0 Å². The van der Waals surface area contributed by atoms with Gasteiger partial charge < -0.3 is 5.32 Å². The minimum absolute atomic E-state index is 0.534. The fourth-order valence-electron chi connectivity index (χ4n) is 1.48. The standard InChI is InChI=1S/C13H9BrCl3N/c14-11-3-1-9(15)5-8(11)7-18-10-2-4-12(16)13(17)6-10/h1-6,18H,7H2. The predicted molar refractivity (Wildman–Crippen MR) is 82.9 cm³/mol. The zero-order chi connectivity index (χ0) is 13.1. The number of nitrogens with one attached hydrogen (secondary N) is 1. The highest BCUT2D eigenvalue weighted by Gasteiger charge is 2.03. The summed E-state index contributed by atoms with van der Waals surface area (Å²) in [6.07, 6.45) is 0. The molecule has 0 aromatic heterocycles. The van der Waals surface area contributed by atoms with Crippen molar-refractivity contribution in [3.05, 3.63) is 61.5 Å². The van der Waals surface area contributed by atoms with E-state index < -0.39 is 0 Å². The molecule has 0 heterocycles. The summed E-state index contributed by atoms with van der Waals surface area (Å²) >= 11 is 21.3. The van der Waals surface area contributed by atoms with Crippen LogP contribution in [0.2, 0.25) is 15.1 Å². The molecular formula is C13H9BrCl3N. The van der Waals surface area contributed by atoms with Crippen molar-refractivity contribution >= 4 is 56.4 Å². The first-order valence-corrected chi connectivity index (χ1v) is 7.12. The minimum atomic E-state index is 0.534. The fraction of sp³-hybridized carbons (Fsp3) is 0.0769. The zero-order valence-corrected chi connectivity index (χ0v) is 13.0. The highest BCUT2D eigenvalue weighted by atomic mass is 79.9. The first kappa shape index (κ1) is 14.0. The van der Waals surface area contributed by atoms with E-state index in [4.69, 9.17) is 34.8 Å². The van der Waals surface area contributed by atoms with Gasteiger partial charge in [0.25, 0.3) is 0 Å². The molecule has 2 rings (SSSR count). The zero-order valence-electron chi connectivity index (χ0n) is 9.18. The number of halogens is 4. The van der Waals surface area contributed by atoms with Gasteiger partial charge in [0.05, 0.1) is 10.0 Å². The number of rotatable bonds is 3. The molecule has 94 valence electrons. The van der Waals surface area contributed by atoms with E-state index in [-0.39, 0.29) is 0 Å². The number of benzene rings is 2. The molecule has 0 spiro atoms. The molecule has 0 aliphatic rings. The Hall–Kier alpha value is -0.410. The number of hydrogen-bond donors (Lipinski definition) is 1. The molecule has 0 saturated heterocycles. The number of anilines is 1. The summed E-state index contributed by atoms with van der Waals surface area (Å²) in [5.74, 6) is 0. The fourth-order valence-corrected chi connectivity index (χ4v) is 2.36. The second-order valence-electron chi connectivity index (χ2n) is 3.72. The topological polar surface area (TPSA) is 12.0 Å². The van der Waals surface area contributed by atoms with Crippen LogP contribution in [-0.2, 0) is 6.54 Å². The van der Waals surface area contributed by atoms with Gasteiger partial charge in [0.2, 0.25) is 0 Å². The lowest BCUT2D eigenvalue weighted by atomic mass is 10.2. The summed E-state index contributed by atoms with van der Waals surface area (Å²) in [5.41, 5.74) is 1.99. The van der Waals surface area contributed by atoms with Crippen molar-refractivity contribution in [2.45, 2.75) is 6.54 Å². The van der Waals surface area contributed by atoms with Gasteiger partial charge in [-0.05, 0) is 42.0 Å². The first-order valence-electron chi connectivity index (χ1n) is 5.19. The van der Waals surface area contributed by atoms with Crippen molar-refractivity contribution in [1.29, 1.82) is 0 Å². The maximum atomic E-state index is 5.96. The van der Waals surface area contributed by atoms with Crippen LogP contribution < -0.4 is 5.32 Å². The van der Waals surface area contributed by atoms with Crippen LogP contribution in [0.5, 0.6) is 0 Å². The van der Waals surface area contributed by atoms with Crippen molar-refractivity contribution in [2.24, 2.45) is 0 Å². The molecule has 1 nitrogen and oxygen atoms in total. The van der Waals surface area contributed by atoms with Gasteiger partial charge in [0.15, 0.2) is 0 Å². The van der Waals surface area contributed by atoms with Gasteiger partial charge in [0, 0.05) is 21.7 Å². The lowest BCUT2D eigenvalue weighted by Crippen LogP contribution is -2.00. The number of hydrogen-bond acceptors (Lipinski definition) is 1. The summed E-state index contributed by atoms with van der Waals surface area (Å²) in [4.78, 5) is 0. The van der Waals surface area contributed by atoms with E-state index in [9.17, 15) is 0 Å². The van der Waals surface area contributed by atoms with Gasteiger partial charge >= 0.3 is 0 Å². The minimum Gasteiger partial charge on any atom is -0.381 e. The van der Waals surface area contributed by atoms with Crippen molar-refractivity contribution in [3.8, 4) is 0 Å². The predicted octanol–water partition coefficient (Wildman–Crippen LogP) is 6.02. The van der Waals surface area contributed by atoms with Gasteiger partial charge in [-0.3, -0.25) is 0 Å². The molecule has 2 aromatic rings. The van der Waals surface area contributed by atoms with Crippen molar-refractivity contribution in [2.75, 3.05) is 5.32 Å². The summed E-state index contributed by atoms with van der Waals surface area (Å²) in [5, 5.41) is 5.06. The normalized spacial score (nSPS) is 10.4. The van der Waals surface area contributed by atoms with Crippen LogP contribution >= 0.6 is 50.7 Å². The van der Waals surface area contributed by atoms with Gasteiger partial charge in [-0.25, -0.2) is 0 Å². The smallest absolute Gasteiger partial charge is 0.0612 e. The highest BCUT2D eigenvalue weighted by molar-refractivity contribution is 9.10. The largest absolute Gasteiger partial charge is 0.381 e. The molecule has 0 aliphatic carbocycles. The average molecular weight is 365 g/mol. The second kappa shape index (κ2) is 6.16. The molecule has 0 atom stereocenters. The Kier molecular flexibility index (Phi) is 4.79. The van der Waals surface area contributed by atoms with Crippen LogP contribution in [0.15, 0.2) is 40.9 Å². The van der Waals surface area contributed by atoms with E-state index in [1.54, 1.807) is 12.1 Å². The Morgan fingerprint density at radius 1 is 0.944 bits per heavy atom. The molecule has 18 heavy (non-hydrogen) atoms. The molecule has 5 heteroatoms. The summed E-state index contributed by atoms with van der Waals surface area (Å²) in [6.45, 7) is 0.652. The third-order valence-electron chi connectivity index (χ3n) is 2.41. The van der Waals surface area contributed by atoms with E-state index in [0.29, 0.717) is 21.6 Å². The van der Waals surface area contributed by atoms with Crippen LogP contribution in [0.3, 0.4) is 0 Å². The molecule has 2 aromatic carbocycles. The van der Waals surface area contributed by atoms with Gasteiger partial charge in [0.1, 0.15) is 0 Å². The lowest BCUT2D eigenvalue weighted by molar-refractivity contribution is 1.14. The van der Waals surface area contributed by atoms with Crippen molar-refractivity contribution < 1.29 is 0 Å². The second-order valence-corrected chi connectivity index (χ2v) is 5.82. The monoisotopic (exact) mass is 363 g/mol. The van der Waals surface area contributed by atoms with Crippen LogP contribution in [0.25, 0.3) is 0 Å². The Labute approximate surface area is 129 Å². The van der Waals surface area contributed by atoms with Crippen LogP contribution in [0.4, 0.5) is 5.69 Å².